The van der Waals surface area contributed by atoms with Crippen LogP contribution in [0.2, 0.25) is 0 Å². The van der Waals surface area contributed by atoms with E-state index < -0.39 is 0 Å². The van der Waals surface area contributed by atoms with Crippen LogP contribution in [0.15, 0.2) is 53.3 Å². The van der Waals surface area contributed by atoms with Crippen LogP contribution in [-0.4, -0.2) is 12.8 Å². The van der Waals surface area contributed by atoms with Gasteiger partial charge < -0.3 is 5.32 Å². The predicted molar refractivity (Wildman–Crippen MR) is 62.3 cm³/mol. The van der Waals surface area contributed by atoms with Gasteiger partial charge >= 0.3 is 0 Å². The fraction of sp³-hybridized carbons (Fsp3) is 0.250. The van der Waals surface area contributed by atoms with Gasteiger partial charge in [0, 0.05) is 24.7 Å². The number of aliphatic imine (C=N–C) groups is 1. The summed E-state index contributed by atoms with van der Waals surface area (Å²) in [5, 5.41) is 3.10. The molecule has 0 saturated heterocycles. The standard InChI is InChI=1S/C12H16N2/c1-4-14-10(2)9-11-5-7-12(13-3)8-6-11/h4-5,7-9,13H,1,6H2,2-3H3/b11-9-,14-10?. The lowest BCUT2D eigenvalue weighted by Crippen LogP contribution is -2.05. The molecule has 0 aromatic carbocycles. The van der Waals surface area contributed by atoms with Gasteiger partial charge in [-0.3, -0.25) is 4.99 Å². The Morgan fingerprint density at radius 2 is 2.36 bits per heavy atom. The topological polar surface area (TPSA) is 24.4 Å². The molecule has 1 aliphatic carbocycles. The van der Waals surface area contributed by atoms with Crippen molar-refractivity contribution in [3.63, 3.8) is 0 Å². The zero-order chi connectivity index (χ0) is 10.4. The van der Waals surface area contributed by atoms with E-state index in [1.165, 1.54) is 11.3 Å². The molecule has 0 atom stereocenters. The highest BCUT2D eigenvalue weighted by Gasteiger charge is 1.99. The van der Waals surface area contributed by atoms with Gasteiger partial charge in [-0.15, -0.1) is 0 Å². The molecule has 1 rings (SSSR count). The highest BCUT2D eigenvalue weighted by molar-refractivity contribution is 5.94. The zero-order valence-corrected chi connectivity index (χ0v) is 8.75. The summed E-state index contributed by atoms with van der Waals surface area (Å²) in [4.78, 5) is 4.09. The second-order valence-corrected chi connectivity index (χ2v) is 3.12. The normalized spacial score (nSPS) is 19.4. The van der Waals surface area contributed by atoms with E-state index in [4.69, 9.17) is 0 Å². The maximum atomic E-state index is 4.09. The molecule has 2 heteroatoms. The molecule has 0 fully saturated rings. The summed E-state index contributed by atoms with van der Waals surface area (Å²) in [6, 6.07) is 0. The molecule has 1 aliphatic rings. The summed E-state index contributed by atoms with van der Waals surface area (Å²) >= 11 is 0. The first-order valence-corrected chi connectivity index (χ1v) is 4.68. The van der Waals surface area contributed by atoms with Gasteiger partial charge in [0.25, 0.3) is 0 Å². The molecular weight excluding hydrogens is 172 g/mol. The lowest BCUT2D eigenvalue weighted by Gasteiger charge is -2.08. The number of likely N-dealkylation sites (N-methyl/N-ethyl adjacent to an activating group) is 1. The van der Waals surface area contributed by atoms with Crippen LogP contribution in [0.1, 0.15) is 13.3 Å². The molecule has 2 nitrogen and oxygen atoms in total. The summed E-state index contributed by atoms with van der Waals surface area (Å²) in [6.45, 7) is 5.53. The van der Waals surface area contributed by atoms with Crippen molar-refractivity contribution in [2.75, 3.05) is 7.05 Å². The van der Waals surface area contributed by atoms with Crippen molar-refractivity contribution in [1.82, 2.24) is 5.32 Å². The Kier molecular flexibility index (Phi) is 3.92. The molecular formula is C12H16N2. The molecule has 14 heavy (non-hydrogen) atoms. The minimum absolute atomic E-state index is 0.955. The first-order chi connectivity index (χ1) is 6.76. The number of hydrogen-bond acceptors (Lipinski definition) is 2. The highest BCUT2D eigenvalue weighted by atomic mass is 14.8. The third-order valence-corrected chi connectivity index (χ3v) is 2.01. The van der Waals surface area contributed by atoms with E-state index in [0.29, 0.717) is 0 Å². The van der Waals surface area contributed by atoms with E-state index in [-0.39, 0.29) is 0 Å². The molecule has 0 bridgehead atoms. The van der Waals surface area contributed by atoms with Crippen molar-refractivity contribution in [3.8, 4) is 0 Å². The Balaban J connectivity index is 2.68. The van der Waals surface area contributed by atoms with Crippen LogP contribution in [0.3, 0.4) is 0 Å². The van der Waals surface area contributed by atoms with E-state index in [9.17, 15) is 0 Å². The number of hydrogen-bond donors (Lipinski definition) is 1. The van der Waals surface area contributed by atoms with Gasteiger partial charge in [-0.25, -0.2) is 0 Å². The molecule has 0 aromatic heterocycles. The molecule has 0 unspecified atom stereocenters. The van der Waals surface area contributed by atoms with Gasteiger partial charge in [0.2, 0.25) is 0 Å². The largest absolute Gasteiger partial charge is 0.388 e. The van der Waals surface area contributed by atoms with Crippen LogP contribution in [0, 0.1) is 0 Å². The van der Waals surface area contributed by atoms with Gasteiger partial charge in [0.15, 0.2) is 0 Å². The first kappa shape index (κ1) is 10.5. The summed E-state index contributed by atoms with van der Waals surface area (Å²) in [7, 11) is 1.93. The molecule has 0 heterocycles. The van der Waals surface area contributed by atoms with Crippen molar-refractivity contribution in [3.05, 3.63) is 48.4 Å². The van der Waals surface area contributed by atoms with Crippen LogP contribution in [0.4, 0.5) is 0 Å². The highest BCUT2D eigenvalue weighted by Crippen LogP contribution is 2.13. The van der Waals surface area contributed by atoms with E-state index in [1.54, 1.807) is 6.20 Å². The Labute approximate surface area is 85.4 Å². The SMILES string of the molecule is C=CN=C(C)/C=C1/C=CC(NC)=CC1. The van der Waals surface area contributed by atoms with Gasteiger partial charge in [0.1, 0.15) is 0 Å². The molecule has 1 N–H and O–H groups in total. The first-order valence-electron chi connectivity index (χ1n) is 4.68. The Hall–Kier alpha value is -1.57. The summed E-state index contributed by atoms with van der Waals surface area (Å²) in [5.74, 6) is 0. The lowest BCUT2D eigenvalue weighted by atomic mass is 10.0. The molecule has 0 spiro atoms. The van der Waals surface area contributed by atoms with Crippen molar-refractivity contribution >= 4 is 5.71 Å². The third-order valence-electron chi connectivity index (χ3n) is 2.01. The monoisotopic (exact) mass is 188 g/mol. The Morgan fingerprint density at radius 1 is 1.57 bits per heavy atom. The molecule has 0 aromatic rings. The van der Waals surface area contributed by atoms with Crippen LogP contribution in [0.25, 0.3) is 0 Å². The minimum atomic E-state index is 0.955. The predicted octanol–water partition coefficient (Wildman–Crippen LogP) is 2.58. The second-order valence-electron chi connectivity index (χ2n) is 3.12. The lowest BCUT2D eigenvalue weighted by molar-refractivity contribution is 1.00. The number of nitrogens with one attached hydrogen (secondary N) is 1. The molecule has 0 amide bonds. The van der Waals surface area contributed by atoms with Crippen molar-refractivity contribution in [1.29, 1.82) is 0 Å². The van der Waals surface area contributed by atoms with Gasteiger partial charge in [0.05, 0.1) is 0 Å². The maximum absolute atomic E-state index is 4.09. The van der Waals surface area contributed by atoms with Crippen molar-refractivity contribution in [2.45, 2.75) is 13.3 Å². The average molecular weight is 188 g/mol. The zero-order valence-electron chi connectivity index (χ0n) is 8.75. The summed E-state index contributed by atoms with van der Waals surface area (Å²) in [5.41, 5.74) is 3.42. The quantitative estimate of drug-likeness (QED) is 0.676. The van der Waals surface area contributed by atoms with E-state index in [2.05, 4.69) is 41.2 Å². The van der Waals surface area contributed by atoms with E-state index >= 15 is 0 Å². The minimum Gasteiger partial charge on any atom is -0.388 e. The number of rotatable bonds is 3. The van der Waals surface area contributed by atoms with E-state index in [1.807, 2.05) is 14.0 Å². The fourth-order valence-corrected chi connectivity index (χ4v) is 1.30. The molecule has 0 radical (unpaired) electrons. The Bertz CT molecular complexity index is 330. The van der Waals surface area contributed by atoms with Crippen molar-refractivity contribution < 1.29 is 0 Å². The maximum Gasteiger partial charge on any atom is 0.0375 e. The number of nitrogens with zero attached hydrogens (tertiary/aromatic N) is 1. The molecule has 0 saturated carbocycles. The van der Waals surface area contributed by atoms with Gasteiger partial charge in [-0.1, -0.05) is 18.7 Å². The number of allylic oxidation sites excluding steroid dienone is 5. The second kappa shape index (κ2) is 5.22. The van der Waals surface area contributed by atoms with E-state index in [0.717, 1.165) is 12.1 Å². The van der Waals surface area contributed by atoms with Crippen LogP contribution < -0.4 is 5.32 Å². The third kappa shape index (κ3) is 3.05. The smallest absolute Gasteiger partial charge is 0.0375 e. The van der Waals surface area contributed by atoms with Gasteiger partial charge in [-0.05, 0) is 31.1 Å². The Morgan fingerprint density at radius 3 is 2.86 bits per heavy atom. The van der Waals surface area contributed by atoms with Gasteiger partial charge in [-0.2, -0.15) is 0 Å². The van der Waals surface area contributed by atoms with Crippen LogP contribution in [0.5, 0.6) is 0 Å². The summed E-state index contributed by atoms with van der Waals surface area (Å²) < 4.78 is 0. The van der Waals surface area contributed by atoms with Crippen molar-refractivity contribution in [2.24, 2.45) is 4.99 Å². The molecule has 0 aliphatic heterocycles. The van der Waals surface area contributed by atoms with Crippen LogP contribution >= 0.6 is 0 Å². The summed E-state index contributed by atoms with van der Waals surface area (Å²) in [6.07, 6.45) is 10.9. The molecule has 74 valence electrons. The van der Waals surface area contributed by atoms with Crippen LogP contribution in [-0.2, 0) is 0 Å². The average Bonchev–Trinajstić information content (AvgIpc) is 2.19. The fourth-order valence-electron chi connectivity index (χ4n) is 1.30.